The highest BCUT2D eigenvalue weighted by atomic mass is 32.1. The van der Waals surface area contributed by atoms with Crippen molar-refractivity contribution >= 4 is 33.4 Å². The molecule has 0 aliphatic rings. The van der Waals surface area contributed by atoms with Crippen LogP contribution in [0.3, 0.4) is 0 Å². The van der Waals surface area contributed by atoms with Gasteiger partial charge in [-0.2, -0.15) is 0 Å². The average molecular weight is 203 g/mol. The number of nitrogens with two attached hydrogens (primary N) is 1. The molecular formula is C11H9NOS. The van der Waals surface area contributed by atoms with Crippen LogP contribution in [-0.4, -0.2) is 5.91 Å². The van der Waals surface area contributed by atoms with Crippen LogP contribution >= 0.6 is 11.3 Å². The number of fused-ring (bicyclic) bond motifs is 1. The van der Waals surface area contributed by atoms with E-state index >= 15 is 0 Å². The number of thiophene rings is 1. The maximum Gasteiger partial charge on any atom is 0.241 e. The van der Waals surface area contributed by atoms with Gasteiger partial charge in [-0.05, 0) is 28.5 Å². The Balaban J connectivity index is 2.48. The number of hydrogen-bond acceptors (Lipinski definition) is 2. The fourth-order valence-electron chi connectivity index (χ4n) is 1.30. The second-order valence-corrected chi connectivity index (χ2v) is 3.83. The highest BCUT2D eigenvalue weighted by molar-refractivity contribution is 7.17. The van der Waals surface area contributed by atoms with Crippen molar-refractivity contribution in [2.24, 2.45) is 5.73 Å². The summed E-state index contributed by atoms with van der Waals surface area (Å²) in [6, 6.07) is 8.07. The molecule has 70 valence electrons. The number of carbonyl (C=O) groups excluding carboxylic acids is 1. The molecule has 1 heterocycles. The van der Waals surface area contributed by atoms with Crippen molar-refractivity contribution in [1.29, 1.82) is 0 Å². The van der Waals surface area contributed by atoms with E-state index in [4.69, 9.17) is 5.73 Å². The molecule has 0 bridgehead atoms. The molecule has 0 unspecified atom stereocenters. The number of benzene rings is 1. The number of amides is 1. The smallest absolute Gasteiger partial charge is 0.241 e. The Morgan fingerprint density at radius 3 is 2.93 bits per heavy atom. The molecule has 1 aromatic heterocycles. The van der Waals surface area contributed by atoms with Gasteiger partial charge in [-0.3, -0.25) is 4.79 Å². The zero-order valence-electron chi connectivity index (χ0n) is 7.44. The minimum atomic E-state index is -0.416. The molecule has 0 spiro atoms. The lowest BCUT2D eigenvalue weighted by molar-refractivity contribution is -0.113. The van der Waals surface area contributed by atoms with E-state index in [-0.39, 0.29) is 0 Å². The molecule has 2 N–H and O–H groups in total. The molecular weight excluding hydrogens is 194 g/mol. The van der Waals surface area contributed by atoms with Gasteiger partial charge in [-0.15, -0.1) is 11.3 Å². The van der Waals surface area contributed by atoms with E-state index in [1.165, 1.54) is 10.8 Å². The normalized spacial score (nSPS) is 11.1. The zero-order valence-corrected chi connectivity index (χ0v) is 8.25. The van der Waals surface area contributed by atoms with Crippen LogP contribution in [-0.2, 0) is 4.79 Å². The van der Waals surface area contributed by atoms with Gasteiger partial charge in [0.15, 0.2) is 0 Å². The summed E-state index contributed by atoms with van der Waals surface area (Å²) in [5.41, 5.74) is 6.08. The second-order valence-electron chi connectivity index (χ2n) is 2.92. The van der Waals surface area contributed by atoms with E-state index in [2.05, 4.69) is 6.07 Å². The van der Waals surface area contributed by atoms with Crippen LogP contribution < -0.4 is 5.73 Å². The van der Waals surface area contributed by atoms with Crippen LogP contribution in [0.25, 0.3) is 16.2 Å². The maximum absolute atomic E-state index is 10.6. The minimum absolute atomic E-state index is 0.416. The summed E-state index contributed by atoms with van der Waals surface area (Å²) >= 11 is 1.66. The molecule has 2 aromatic rings. The van der Waals surface area contributed by atoms with Gasteiger partial charge in [0.2, 0.25) is 5.91 Å². The summed E-state index contributed by atoms with van der Waals surface area (Å²) in [7, 11) is 0. The molecule has 0 radical (unpaired) electrons. The topological polar surface area (TPSA) is 43.1 Å². The van der Waals surface area contributed by atoms with Crippen LogP contribution in [0.15, 0.2) is 35.7 Å². The standard InChI is InChI=1S/C11H9NOS/c12-11(13)6-5-8-7-14-10-4-2-1-3-9(8)10/h1-7H,(H2,12,13)/b6-5+. The molecule has 0 saturated heterocycles. The van der Waals surface area contributed by atoms with Crippen LogP contribution in [0, 0.1) is 0 Å². The fraction of sp³-hybridized carbons (Fsp3) is 0. The van der Waals surface area contributed by atoms with Crippen molar-refractivity contribution in [3.05, 3.63) is 41.3 Å². The summed E-state index contributed by atoms with van der Waals surface area (Å²) in [6.07, 6.45) is 3.13. The molecule has 2 nitrogen and oxygen atoms in total. The summed E-state index contributed by atoms with van der Waals surface area (Å²) in [6.45, 7) is 0. The van der Waals surface area contributed by atoms with Gasteiger partial charge >= 0.3 is 0 Å². The number of primary amides is 1. The zero-order chi connectivity index (χ0) is 9.97. The maximum atomic E-state index is 10.6. The number of carbonyl (C=O) groups is 1. The molecule has 2 rings (SSSR count). The molecule has 0 aliphatic carbocycles. The third-order valence-electron chi connectivity index (χ3n) is 1.94. The Bertz CT molecular complexity index is 499. The van der Waals surface area contributed by atoms with Crippen LogP contribution in [0.4, 0.5) is 0 Å². The third kappa shape index (κ3) is 1.67. The van der Waals surface area contributed by atoms with E-state index in [9.17, 15) is 4.79 Å². The lowest BCUT2D eigenvalue weighted by Gasteiger charge is -1.89. The molecule has 0 saturated carbocycles. The lowest BCUT2D eigenvalue weighted by Crippen LogP contribution is -2.04. The largest absolute Gasteiger partial charge is 0.366 e. The molecule has 3 heteroatoms. The first-order valence-electron chi connectivity index (χ1n) is 4.21. The van der Waals surface area contributed by atoms with Gasteiger partial charge in [0, 0.05) is 10.8 Å². The van der Waals surface area contributed by atoms with Gasteiger partial charge in [0.25, 0.3) is 0 Å². The second kappa shape index (κ2) is 3.64. The lowest BCUT2D eigenvalue weighted by atomic mass is 10.1. The fourth-order valence-corrected chi connectivity index (χ4v) is 2.23. The van der Waals surface area contributed by atoms with Crippen molar-refractivity contribution in [3.63, 3.8) is 0 Å². The summed E-state index contributed by atoms with van der Waals surface area (Å²) in [5, 5.41) is 3.18. The van der Waals surface area contributed by atoms with E-state index < -0.39 is 5.91 Å². The van der Waals surface area contributed by atoms with Gasteiger partial charge in [0.05, 0.1) is 0 Å². The van der Waals surface area contributed by atoms with Crippen LogP contribution in [0.2, 0.25) is 0 Å². The summed E-state index contributed by atoms with van der Waals surface area (Å²) < 4.78 is 1.22. The minimum Gasteiger partial charge on any atom is -0.366 e. The Morgan fingerprint density at radius 1 is 1.36 bits per heavy atom. The molecule has 0 aliphatic heterocycles. The molecule has 1 amide bonds. The van der Waals surface area contributed by atoms with E-state index in [0.717, 1.165) is 10.9 Å². The van der Waals surface area contributed by atoms with Crippen LogP contribution in [0.5, 0.6) is 0 Å². The Hall–Kier alpha value is -1.61. The monoisotopic (exact) mass is 203 g/mol. The third-order valence-corrected chi connectivity index (χ3v) is 2.92. The molecule has 14 heavy (non-hydrogen) atoms. The van der Waals surface area contributed by atoms with Gasteiger partial charge < -0.3 is 5.73 Å². The van der Waals surface area contributed by atoms with Gasteiger partial charge in [-0.25, -0.2) is 0 Å². The predicted molar refractivity (Wildman–Crippen MR) is 60.1 cm³/mol. The van der Waals surface area contributed by atoms with Crippen molar-refractivity contribution in [1.82, 2.24) is 0 Å². The number of hydrogen-bond donors (Lipinski definition) is 1. The average Bonchev–Trinajstić information content (AvgIpc) is 2.58. The van der Waals surface area contributed by atoms with Crippen molar-refractivity contribution in [2.75, 3.05) is 0 Å². The first-order chi connectivity index (χ1) is 6.77. The highest BCUT2D eigenvalue weighted by Gasteiger charge is 1.99. The SMILES string of the molecule is NC(=O)/C=C/c1csc2ccccc12. The van der Waals surface area contributed by atoms with E-state index in [0.29, 0.717) is 0 Å². The summed E-state index contributed by atoms with van der Waals surface area (Å²) in [4.78, 5) is 10.6. The summed E-state index contributed by atoms with van der Waals surface area (Å²) in [5.74, 6) is -0.416. The Kier molecular flexibility index (Phi) is 2.33. The van der Waals surface area contributed by atoms with Crippen molar-refractivity contribution in [2.45, 2.75) is 0 Å². The number of rotatable bonds is 2. The Morgan fingerprint density at radius 2 is 2.14 bits per heavy atom. The first kappa shape index (κ1) is 8.97. The van der Waals surface area contributed by atoms with Crippen molar-refractivity contribution in [3.8, 4) is 0 Å². The van der Waals surface area contributed by atoms with Gasteiger partial charge in [0.1, 0.15) is 0 Å². The molecule has 0 atom stereocenters. The Labute approximate surface area is 85.7 Å². The quantitative estimate of drug-likeness (QED) is 0.748. The predicted octanol–water partition coefficient (Wildman–Crippen LogP) is 2.40. The van der Waals surface area contributed by atoms with Gasteiger partial charge in [-0.1, -0.05) is 18.2 Å². The van der Waals surface area contributed by atoms with E-state index in [1.807, 2.05) is 23.6 Å². The first-order valence-corrected chi connectivity index (χ1v) is 5.09. The molecule has 0 fully saturated rings. The van der Waals surface area contributed by atoms with E-state index in [1.54, 1.807) is 17.4 Å². The molecule has 1 aromatic carbocycles. The van der Waals surface area contributed by atoms with Crippen LogP contribution in [0.1, 0.15) is 5.56 Å². The highest BCUT2D eigenvalue weighted by Crippen LogP contribution is 2.26. The van der Waals surface area contributed by atoms with Crippen molar-refractivity contribution < 1.29 is 4.79 Å².